The van der Waals surface area contributed by atoms with Crippen molar-refractivity contribution in [2.24, 2.45) is 5.92 Å². The summed E-state index contributed by atoms with van der Waals surface area (Å²) in [5.74, 6) is 1.43. The molecule has 1 heterocycles. The van der Waals surface area contributed by atoms with E-state index in [-0.39, 0.29) is 0 Å². The van der Waals surface area contributed by atoms with Crippen molar-refractivity contribution >= 4 is 21.6 Å². The van der Waals surface area contributed by atoms with Crippen LogP contribution in [-0.2, 0) is 6.54 Å². The van der Waals surface area contributed by atoms with E-state index in [0.717, 1.165) is 28.1 Å². The molecular weight excluding hydrogens is 280 g/mol. The third-order valence-electron chi connectivity index (χ3n) is 2.44. The lowest BCUT2D eigenvalue weighted by atomic mass is 10.2. The molecule has 0 aliphatic rings. The van der Waals surface area contributed by atoms with Gasteiger partial charge in [-0.25, -0.2) is 0 Å². The van der Waals surface area contributed by atoms with E-state index >= 15 is 0 Å². The first-order valence-corrected chi connectivity index (χ1v) is 6.30. The van der Waals surface area contributed by atoms with Crippen LogP contribution >= 0.6 is 15.9 Å². The van der Waals surface area contributed by atoms with Crippen LogP contribution in [0, 0.1) is 5.92 Å². The Hall–Kier alpha value is -1.36. The second kappa shape index (κ2) is 4.87. The van der Waals surface area contributed by atoms with Gasteiger partial charge in [-0.05, 0) is 40.0 Å². The van der Waals surface area contributed by atoms with Gasteiger partial charge < -0.3 is 10.3 Å². The van der Waals surface area contributed by atoms with Gasteiger partial charge in [-0.3, -0.25) is 0 Å². The van der Waals surface area contributed by atoms with Crippen LogP contribution in [0.2, 0.25) is 0 Å². The SMILES string of the molecule is CC(C)Cn1cnnc1-c1ccc(N)c(Br)c1. The highest BCUT2D eigenvalue weighted by molar-refractivity contribution is 9.10. The van der Waals surface area contributed by atoms with Crippen molar-refractivity contribution < 1.29 is 0 Å². The van der Waals surface area contributed by atoms with Crippen LogP contribution in [0.1, 0.15) is 13.8 Å². The van der Waals surface area contributed by atoms with Gasteiger partial charge in [0.1, 0.15) is 6.33 Å². The molecule has 2 rings (SSSR count). The monoisotopic (exact) mass is 294 g/mol. The van der Waals surface area contributed by atoms with E-state index in [4.69, 9.17) is 5.73 Å². The van der Waals surface area contributed by atoms with Gasteiger partial charge >= 0.3 is 0 Å². The molecule has 1 aromatic carbocycles. The normalized spacial score (nSPS) is 11.1. The molecule has 0 fully saturated rings. The molecule has 1 aromatic heterocycles. The summed E-state index contributed by atoms with van der Waals surface area (Å²) in [5, 5.41) is 8.13. The van der Waals surface area contributed by atoms with Gasteiger partial charge in [0, 0.05) is 22.3 Å². The van der Waals surface area contributed by atoms with E-state index < -0.39 is 0 Å². The largest absolute Gasteiger partial charge is 0.398 e. The number of halogens is 1. The number of rotatable bonds is 3. The molecule has 90 valence electrons. The number of nitrogen functional groups attached to an aromatic ring is 1. The smallest absolute Gasteiger partial charge is 0.163 e. The Morgan fingerprint density at radius 3 is 2.82 bits per heavy atom. The topological polar surface area (TPSA) is 56.7 Å². The molecule has 0 unspecified atom stereocenters. The third-order valence-corrected chi connectivity index (χ3v) is 3.12. The molecule has 0 saturated heterocycles. The molecule has 0 amide bonds. The molecule has 2 N–H and O–H groups in total. The minimum Gasteiger partial charge on any atom is -0.398 e. The molecule has 0 atom stereocenters. The summed E-state index contributed by atoms with van der Waals surface area (Å²) < 4.78 is 2.94. The van der Waals surface area contributed by atoms with Crippen molar-refractivity contribution in [3.05, 3.63) is 29.0 Å². The first-order chi connectivity index (χ1) is 8.08. The molecular formula is C12H15BrN4. The third kappa shape index (κ3) is 2.66. The van der Waals surface area contributed by atoms with E-state index in [1.54, 1.807) is 6.33 Å². The summed E-state index contributed by atoms with van der Waals surface area (Å²) in [6.07, 6.45) is 1.76. The van der Waals surface area contributed by atoms with E-state index in [9.17, 15) is 0 Å². The number of aromatic nitrogens is 3. The molecule has 0 bridgehead atoms. The van der Waals surface area contributed by atoms with Crippen LogP contribution in [0.4, 0.5) is 5.69 Å². The average Bonchev–Trinajstić information content (AvgIpc) is 2.69. The Labute approximate surface area is 109 Å². The Bertz CT molecular complexity index is 519. The van der Waals surface area contributed by atoms with Crippen LogP contribution in [0.5, 0.6) is 0 Å². The molecule has 0 spiro atoms. The van der Waals surface area contributed by atoms with Gasteiger partial charge in [-0.2, -0.15) is 0 Å². The van der Waals surface area contributed by atoms with Crippen LogP contribution in [0.15, 0.2) is 29.0 Å². The van der Waals surface area contributed by atoms with Crippen molar-refractivity contribution in [1.82, 2.24) is 14.8 Å². The molecule has 5 heteroatoms. The summed E-state index contributed by atoms with van der Waals surface area (Å²) in [7, 11) is 0. The predicted molar refractivity (Wildman–Crippen MR) is 72.4 cm³/mol. The van der Waals surface area contributed by atoms with Gasteiger partial charge in [0.2, 0.25) is 0 Å². The number of anilines is 1. The Morgan fingerprint density at radius 1 is 1.41 bits per heavy atom. The van der Waals surface area contributed by atoms with Crippen molar-refractivity contribution in [2.75, 3.05) is 5.73 Å². The Kier molecular flexibility index (Phi) is 3.47. The zero-order chi connectivity index (χ0) is 12.4. The van der Waals surface area contributed by atoms with Gasteiger partial charge in [-0.1, -0.05) is 13.8 Å². The molecule has 0 saturated carbocycles. The van der Waals surface area contributed by atoms with E-state index in [1.807, 2.05) is 18.2 Å². The van der Waals surface area contributed by atoms with Gasteiger partial charge in [0.15, 0.2) is 5.82 Å². The molecule has 17 heavy (non-hydrogen) atoms. The Morgan fingerprint density at radius 2 is 2.18 bits per heavy atom. The fraction of sp³-hybridized carbons (Fsp3) is 0.333. The lowest BCUT2D eigenvalue weighted by Gasteiger charge is -2.09. The maximum Gasteiger partial charge on any atom is 0.163 e. The standard InChI is InChI=1S/C12H15BrN4/c1-8(2)6-17-7-15-16-12(17)9-3-4-11(14)10(13)5-9/h3-5,7-8H,6,14H2,1-2H3. The number of benzene rings is 1. The molecule has 4 nitrogen and oxygen atoms in total. The van der Waals surface area contributed by atoms with E-state index in [1.165, 1.54) is 0 Å². The van der Waals surface area contributed by atoms with Crippen molar-refractivity contribution in [2.45, 2.75) is 20.4 Å². The van der Waals surface area contributed by atoms with Crippen molar-refractivity contribution in [3.63, 3.8) is 0 Å². The molecule has 0 aliphatic heterocycles. The van der Waals surface area contributed by atoms with Crippen LogP contribution in [0.3, 0.4) is 0 Å². The highest BCUT2D eigenvalue weighted by atomic mass is 79.9. The highest BCUT2D eigenvalue weighted by Crippen LogP contribution is 2.26. The number of nitrogens with two attached hydrogens (primary N) is 1. The number of nitrogens with zero attached hydrogens (tertiary/aromatic N) is 3. The predicted octanol–water partition coefficient (Wildman–Crippen LogP) is 2.95. The minimum absolute atomic E-state index is 0.557. The second-order valence-electron chi connectivity index (χ2n) is 4.44. The molecule has 0 radical (unpaired) electrons. The van der Waals surface area contributed by atoms with Crippen molar-refractivity contribution in [3.8, 4) is 11.4 Å². The first-order valence-electron chi connectivity index (χ1n) is 5.51. The maximum absolute atomic E-state index is 5.77. The average molecular weight is 295 g/mol. The fourth-order valence-electron chi connectivity index (χ4n) is 1.67. The molecule has 2 aromatic rings. The fourth-order valence-corrected chi connectivity index (χ4v) is 2.05. The van der Waals surface area contributed by atoms with Gasteiger partial charge in [0.05, 0.1) is 0 Å². The maximum atomic E-state index is 5.77. The summed E-state index contributed by atoms with van der Waals surface area (Å²) in [6.45, 7) is 5.25. The van der Waals surface area contributed by atoms with Gasteiger partial charge in [-0.15, -0.1) is 10.2 Å². The molecule has 0 aliphatic carbocycles. The first kappa shape index (κ1) is 12.1. The lowest BCUT2D eigenvalue weighted by molar-refractivity contribution is 0.525. The highest BCUT2D eigenvalue weighted by Gasteiger charge is 2.09. The quantitative estimate of drug-likeness (QED) is 0.886. The van der Waals surface area contributed by atoms with Crippen LogP contribution < -0.4 is 5.73 Å². The van der Waals surface area contributed by atoms with Crippen LogP contribution in [0.25, 0.3) is 11.4 Å². The second-order valence-corrected chi connectivity index (χ2v) is 5.29. The zero-order valence-corrected chi connectivity index (χ0v) is 11.5. The minimum atomic E-state index is 0.557. The summed E-state index contributed by atoms with van der Waals surface area (Å²) in [4.78, 5) is 0. The van der Waals surface area contributed by atoms with Crippen molar-refractivity contribution in [1.29, 1.82) is 0 Å². The summed E-state index contributed by atoms with van der Waals surface area (Å²) >= 11 is 3.42. The zero-order valence-electron chi connectivity index (χ0n) is 9.89. The van der Waals surface area contributed by atoms with E-state index in [0.29, 0.717) is 5.92 Å². The Balaban J connectivity index is 2.39. The number of hydrogen-bond acceptors (Lipinski definition) is 3. The summed E-state index contributed by atoms with van der Waals surface area (Å²) in [6, 6.07) is 5.80. The van der Waals surface area contributed by atoms with Crippen LogP contribution in [-0.4, -0.2) is 14.8 Å². The summed E-state index contributed by atoms with van der Waals surface area (Å²) in [5.41, 5.74) is 7.51. The van der Waals surface area contributed by atoms with E-state index in [2.05, 4.69) is 44.5 Å². The number of hydrogen-bond donors (Lipinski definition) is 1. The van der Waals surface area contributed by atoms with Gasteiger partial charge in [0.25, 0.3) is 0 Å². The lowest BCUT2D eigenvalue weighted by Crippen LogP contribution is -2.05.